The number of carbonyl (C=O) groups is 1. The van der Waals surface area contributed by atoms with Crippen molar-refractivity contribution < 1.29 is 4.79 Å². The summed E-state index contributed by atoms with van der Waals surface area (Å²) in [4.78, 5) is 21.2. The number of hydrogen-bond donors (Lipinski definition) is 1. The quantitative estimate of drug-likeness (QED) is 0.729. The van der Waals surface area contributed by atoms with Gasteiger partial charge in [-0.2, -0.15) is 0 Å². The summed E-state index contributed by atoms with van der Waals surface area (Å²) in [5, 5.41) is 4.27. The summed E-state index contributed by atoms with van der Waals surface area (Å²) in [5.41, 5.74) is 3.52. The first kappa shape index (κ1) is 14.7. The Hall–Kier alpha value is -2.24. The average Bonchev–Trinajstić information content (AvgIpc) is 3.03. The number of aryl methyl sites for hydroxylation is 1. The highest BCUT2D eigenvalue weighted by atomic mass is 35.5. The highest BCUT2D eigenvalue weighted by Gasteiger charge is 2.06. The smallest absolute Gasteiger partial charge is 0.249 e. The van der Waals surface area contributed by atoms with Crippen LogP contribution in [0.2, 0.25) is 5.02 Å². The molecule has 0 aliphatic carbocycles. The molecule has 0 saturated heterocycles. The first-order valence-corrected chi connectivity index (χ1v) is 7.82. The van der Waals surface area contributed by atoms with E-state index >= 15 is 0 Å². The fraction of sp³-hybridized carbons (Fsp3) is 0.0625. The van der Waals surface area contributed by atoms with Crippen LogP contribution >= 0.6 is 22.9 Å². The second kappa shape index (κ2) is 6.25. The van der Waals surface area contributed by atoms with E-state index in [1.807, 2.05) is 25.1 Å². The van der Waals surface area contributed by atoms with E-state index in [0.717, 1.165) is 21.3 Å². The Bertz CT molecular complexity index is 859. The zero-order valence-electron chi connectivity index (χ0n) is 11.7. The number of anilines is 1. The van der Waals surface area contributed by atoms with Gasteiger partial charge in [-0.05, 0) is 36.8 Å². The van der Waals surface area contributed by atoms with Gasteiger partial charge in [-0.25, -0.2) is 4.98 Å². The number of thiazole rings is 1. The molecule has 0 fully saturated rings. The molecule has 0 spiro atoms. The Labute approximate surface area is 136 Å². The van der Waals surface area contributed by atoms with Gasteiger partial charge in [0.05, 0.1) is 11.0 Å². The fourth-order valence-corrected chi connectivity index (χ4v) is 2.75. The molecule has 1 amide bonds. The molecule has 0 saturated carbocycles. The number of fused-ring (bicyclic) bond motifs is 1. The van der Waals surface area contributed by atoms with Crippen LogP contribution in [0.3, 0.4) is 0 Å². The Kier molecular flexibility index (Phi) is 4.18. The van der Waals surface area contributed by atoms with Crippen molar-refractivity contribution in [2.45, 2.75) is 6.92 Å². The molecule has 0 unspecified atom stereocenters. The van der Waals surface area contributed by atoms with Gasteiger partial charge in [0, 0.05) is 27.6 Å². The molecule has 0 aliphatic rings. The van der Waals surface area contributed by atoms with E-state index in [9.17, 15) is 4.79 Å². The number of nitrogens with one attached hydrogen (secondary N) is 1. The first-order chi connectivity index (χ1) is 10.6. The van der Waals surface area contributed by atoms with Crippen LogP contribution in [-0.4, -0.2) is 15.9 Å². The number of hydrogen-bond acceptors (Lipinski definition) is 4. The van der Waals surface area contributed by atoms with E-state index in [1.54, 1.807) is 23.8 Å². The number of nitrogens with zero attached hydrogens (tertiary/aromatic N) is 2. The first-order valence-electron chi connectivity index (χ1n) is 6.57. The molecule has 3 aromatic rings. The topological polar surface area (TPSA) is 54.9 Å². The van der Waals surface area contributed by atoms with E-state index in [4.69, 9.17) is 11.6 Å². The van der Waals surface area contributed by atoms with Crippen LogP contribution in [0.5, 0.6) is 0 Å². The number of benzene rings is 1. The van der Waals surface area contributed by atoms with Crippen LogP contribution in [0.15, 0.2) is 42.0 Å². The molecule has 0 atom stereocenters. The Balaban J connectivity index is 1.82. The lowest BCUT2D eigenvalue weighted by Gasteiger charge is -2.06. The van der Waals surface area contributed by atoms with Crippen LogP contribution in [-0.2, 0) is 4.79 Å². The molecule has 1 N–H and O–H groups in total. The predicted octanol–water partition coefficient (Wildman–Crippen LogP) is 4.31. The van der Waals surface area contributed by atoms with Crippen LogP contribution in [0, 0.1) is 6.92 Å². The lowest BCUT2D eigenvalue weighted by molar-refractivity contribution is -0.111. The second-order valence-electron chi connectivity index (χ2n) is 4.68. The van der Waals surface area contributed by atoms with Crippen molar-refractivity contribution in [2.75, 3.05) is 5.32 Å². The molecule has 6 heteroatoms. The number of aromatic nitrogens is 2. The van der Waals surface area contributed by atoms with Gasteiger partial charge < -0.3 is 5.32 Å². The van der Waals surface area contributed by atoms with Crippen molar-refractivity contribution >= 4 is 51.6 Å². The lowest BCUT2D eigenvalue weighted by atomic mass is 10.1. The molecule has 2 heterocycles. The number of halogens is 1. The molecule has 0 radical (unpaired) electrons. The molecular weight excluding hydrogens is 318 g/mol. The maximum absolute atomic E-state index is 11.9. The van der Waals surface area contributed by atoms with E-state index in [0.29, 0.717) is 10.8 Å². The summed E-state index contributed by atoms with van der Waals surface area (Å²) < 4.78 is 0. The standard InChI is InChI=1S/C16H12ClN3OS/c1-10-2-5-13(17)12-4-6-14(20-16(10)12)19-15(21)7-3-11-8-18-9-22-11/h2-9H,1H3,(H,19,20,21)/b7-3+. The Morgan fingerprint density at radius 2 is 2.18 bits per heavy atom. The maximum Gasteiger partial charge on any atom is 0.249 e. The van der Waals surface area contributed by atoms with Crippen molar-refractivity contribution in [3.8, 4) is 0 Å². The highest BCUT2D eigenvalue weighted by Crippen LogP contribution is 2.26. The summed E-state index contributed by atoms with van der Waals surface area (Å²) in [6.07, 6.45) is 4.88. The van der Waals surface area contributed by atoms with Gasteiger partial charge in [0.15, 0.2) is 0 Å². The number of pyridine rings is 1. The summed E-state index contributed by atoms with van der Waals surface area (Å²) in [6, 6.07) is 7.36. The van der Waals surface area contributed by atoms with Gasteiger partial charge in [0.25, 0.3) is 0 Å². The van der Waals surface area contributed by atoms with Gasteiger partial charge in [-0.1, -0.05) is 17.7 Å². The van der Waals surface area contributed by atoms with Crippen molar-refractivity contribution in [1.29, 1.82) is 0 Å². The van der Waals surface area contributed by atoms with E-state index in [-0.39, 0.29) is 5.91 Å². The predicted molar refractivity (Wildman–Crippen MR) is 91.3 cm³/mol. The SMILES string of the molecule is Cc1ccc(Cl)c2ccc(NC(=O)/C=C/c3cncs3)nc12. The third-order valence-corrected chi connectivity index (χ3v) is 4.18. The summed E-state index contributed by atoms with van der Waals surface area (Å²) >= 11 is 7.62. The normalized spacial score (nSPS) is 11.2. The molecule has 2 aromatic heterocycles. The lowest BCUT2D eigenvalue weighted by Crippen LogP contribution is -2.09. The monoisotopic (exact) mass is 329 g/mol. The minimum absolute atomic E-state index is 0.236. The van der Waals surface area contributed by atoms with Gasteiger partial charge in [0.2, 0.25) is 5.91 Å². The summed E-state index contributed by atoms with van der Waals surface area (Å²) in [5.74, 6) is 0.261. The maximum atomic E-state index is 11.9. The number of amides is 1. The molecular formula is C16H12ClN3OS. The van der Waals surface area contributed by atoms with E-state index in [1.165, 1.54) is 17.4 Å². The third-order valence-electron chi connectivity index (χ3n) is 3.11. The van der Waals surface area contributed by atoms with Crippen molar-refractivity contribution in [1.82, 2.24) is 9.97 Å². The van der Waals surface area contributed by atoms with Crippen molar-refractivity contribution in [3.63, 3.8) is 0 Å². The number of rotatable bonds is 3. The molecule has 0 aliphatic heterocycles. The molecule has 0 bridgehead atoms. The minimum atomic E-state index is -0.236. The zero-order valence-corrected chi connectivity index (χ0v) is 13.3. The van der Waals surface area contributed by atoms with E-state index < -0.39 is 0 Å². The molecule has 4 nitrogen and oxygen atoms in total. The van der Waals surface area contributed by atoms with Crippen molar-refractivity contribution in [3.05, 3.63) is 57.5 Å². The zero-order chi connectivity index (χ0) is 15.5. The second-order valence-corrected chi connectivity index (χ2v) is 6.01. The molecule has 22 heavy (non-hydrogen) atoms. The van der Waals surface area contributed by atoms with Crippen molar-refractivity contribution in [2.24, 2.45) is 0 Å². The molecule has 1 aromatic carbocycles. The third kappa shape index (κ3) is 3.16. The number of carbonyl (C=O) groups excluding carboxylic acids is 1. The minimum Gasteiger partial charge on any atom is -0.307 e. The summed E-state index contributed by atoms with van der Waals surface area (Å²) in [6.45, 7) is 1.96. The Morgan fingerprint density at radius 1 is 1.32 bits per heavy atom. The average molecular weight is 330 g/mol. The molecule has 110 valence electrons. The van der Waals surface area contributed by atoms with Gasteiger partial charge >= 0.3 is 0 Å². The Morgan fingerprint density at radius 3 is 2.95 bits per heavy atom. The fourth-order valence-electron chi connectivity index (χ4n) is 2.02. The summed E-state index contributed by atoms with van der Waals surface area (Å²) in [7, 11) is 0. The van der Waals surface area contributed by atoms with Crippen LogP contribution in [0.4, 0.5) is 5.82 Å². The van der Waals surface area contributed by atoms with Gasteiger partial charge in [0.1, 0.15) is 5.82 Å². The molecule has 3 rings (SSSR count). The van der Waals surface area contributed by atoms with Crippen LogP contribution < -0.4 is 5.32 Å². The van der Waals surface area contributed by atoms with Gasteiger partial charge in [-0.15, -0.1) is 11.3 Å². The van der Waals surface area contributed by atoms with Crippen LogP contribution in [0.25, 0.3) is 17.0 Å². The van der Waals surface area contributed by atoms with E-state index in [2.05, 4.69) is 15.3 Å². The highest BCUT2D eigenvalue weighted by molar-refractivity contribution is 7.10. The van der Waals surface area contributed by atoms with Crippen LogP contribution in [0.1, 0.15) is 10.4 Å². The largest absolute Gasteiger partial charge is 0.307 e. The van der Waals surface area contributed by atoms with Gasteiger partial charge in [-0.3, -0.25) is 9.78 Å².